The molecule has 2 heterocycles. The molecule has 3 nitrogen and oxygen atoms in total. The lowest BCUT2D eigenvalue weighted by molar-refractivity contribution is 0.885. The Morgan fingerprint density at radius 1 is 0.833 bits per heavy atom. The molecule has 0 radical (unpaired) electrons. The van der Waals surface area contributed by atoms with E-state index in [4.69, 9.17) is 0 Å². The number of benzene rings is 1. The Morgan fingerprint density at radius 2 is 1.56 bits per heavy atom. The number of pyridine rings is 1. The van der Waals surface area contributed by atoms with Crippen LogP contribution in [0.1, 0.15) is 0 Å². The van der Waals surface area contributed by atoms with Gasteiger partial charge in [0.2, 0.25) is 0 Å². The van der Waals surface area contributed by atoms with Crippen LogP contribution in [0.15, 0.2) is 65.5 Å². The summed E-state index contributed by atoms with van der Waals surface area (Å²) in [6.45, 7) is 0. The normalized spacial score (nSPS) is 10.5. The second-order valence-electron chi connectivity index (χ2n) is 3.84. The first-order chi connectivity index (χ1) is 8.84. The van der Waals surface area contributed by atoms with Crippen LogP contribution >= 0.6 is 15.9 Å². The molecule has 88 valence electrons. The summed E-state index contributed by atoms with van der Waals surface area (Å²) in [6, 6.07) is 14.1. The zero-order valence-corrected chi connectivity index (χ0v) is 11.1. The van der Waals surface area contributed by atoms with Gasteiger partial charge in [0.05, 0.1) is 17.6 Å². The molecule has 0 saturated heterocycles. The van der Waals surface area contributed by atoms with Gasteiger partial charge in [-0.2, -0.15) is 5.10 Å². The van der Waals surface area contributed by atoms with Gasteiger partial charge in [0.15, 0.2) is 0 Å². The van der Waals surface area contributed by atoms with Crippen LogP contribution in [0.3, 0.4) is 0 Å². The Balaban J connectivity index is 2.10. The largest absolute Gasteiger partial charge is 0.265 e. The van der Waals surface area contributed by atoms with E-state index in [1.165, 1.54) is 0 Å². The van der Waals surface area contributed by atoms with Crippen molar-refractivity contribution in [3.05, 3.63) is 65.5 Å². The zero-order valence-electron chi connectivity index (χ0n) is 9.49. The summed E-state index contributed by atoms with van der Waals surface area (Å²) in [6.07, 6.45) is 5.34. The van der Waals surface area contributed by atoms with Crippen LogP contribution in [0.5, 0.6) is 0 Å². The van der Waals surface area contributed by atoms with Crippen LogP contribution in [0.25, 0.3) is 16.9 Å². The summed E-state index contributed by atoms with van der Waals surface area (Å²) in [5.41, 5.74) is 3.20. The van der Waals surface area contributed by atoms with Crippen LogP contribution in [0.4, 0.5) is 0 Å². The lowest BCUT2D eigenvalue weighted by Gasteiger charge is -2.07. The fraction of sp³-hybridized carbons (Fsp3) is 0. The van der Waals surface area contributed by atoms with Crippen molar-refractivity contribution < 1.29 is 0 Å². The number of aromatic nitrogens is 3. The molecule has 1 aromatic carbocycles. The number of halogens is 1. The van der Waals surface area contributed by atoms with E-state index in [1.54, 1.807) is 18.6 Å². The third kappa shape index (κ3) is 2.07. The van der Waals surface area contributed by atoms with E-state index in [0.717, 1.165) is 21.4 Å². The Morgan fingerprint density at radius 3 is 2.28 bits per heavy atom. The quantitative estimate of drug-likeness (QED) is 0.722. The zero-order chi connectivity index (χ0) is 12.4. The highest BCUT2D eigenvalue weighted by Gasteiger charge is 2.06. The molecule has 2 aromatic heterocycles. The fourth-order valence-electron chi connectivity index (χ4n) is 1.83. The van der Waals surface area contributed by atoms with E-state index in [9.17, 15) is 0 Å². The first-order valence-corrected chi connectivity index (χ1v) is 6.34. The summed E-state index contributed by atoms with van der Waals surface area (Å²) < 4.78 is 2.98. The van der Waals surface area contributed by atoms with Gasteiger partial charge in [-0.3, -0.25) is 4.98 Å². The van der Waals surface area contributed by atoms with Crippen LogP contribution in [-0.2, 0) is 0 Å². The van der Waals surface area contributed by atoms with Crippen molar-refractivity contribution in [3.8, 4) is 16.9 Å². The summed E-state index contributed by atoms with van der Waals surface area (Å²) in [5.74, 6) is 0. The van der Waals surface area contributed by atoms with Crippen molar-refractivity contribution >= 4 is 15.9 Å². The number of rotatable bonds is 2. The van der Waals surface area contributed by atoms with Gasteiger partial charge >= 0.3 is 0 Å². The molecule has 0 aliphatic rings. The molecule has 0 N–H and O–H groups in total. The summed E-state index contributed by atoms with van der Waals surface area (Å²) in [7, 11) is 0. The van der Waals surface area contributed by atoms with Crippen molar-refractivity contribution in [2.24, 2.45) is 0 Å². The molecule has 18 heavy (non-hydrogen) atoms. The molecule has 0 aliphatic carbocycles. The van der Waals surface area contributed by atoms with E-state index in [0.29, 0.717) is 0 Å². The molecule has 0 saturated carbocycles. The molecule has 4 heteroatoms. The Bertz CT molecular complexity index is 644. The lowest BCUT2D eigenvalue weighted by atomic mass is 10.1. The second kappa shape index (κ2) is 4.74. The van der Waals surface area contributed by atoms with Crippen molar-refractivity contribution in [1.82, 2.24) is 14.8 Å². The van der Waals surface area contributed by atoms with Gasteiger partial charge in [-0.25, -0.2) is 4.68 Å². The van der Waals surface area contributed by atoms with Crippen molar-refractivity contribution in [3.63, 3.8) is 0 Å². The predicted molar refractivity (Wildman–Crippen MR) is 74.5 cm³/mol. The standard InChI is InChI=1S/C14H10BrN3/c15-12-3-1-11(2-4-12)14-7-10-17-18(14)13-5-8-16-9-6-13/h1-10H. The van der Waals surface area contributed by atoms with E-state index in [1.807, 2.05) is 35.0 Å². The van der Waals surface area contributed by atoms with E-state index in [-0.39, 0.29) is 0 Å². The molecular weight excluding hydrogens is 290 g/mol. The molecule has 0 atom stereocenters. The van der Waals surface area contributed by atoms with E-state index in [2.05, 4.69) is 38.1 Å². The Hall–Kier alpha value is -1.94. The van der Waals surface area contributed by atoms with Gasteiger partial charge < -0.3 is 0 Å². The summed E-state index contributed by atoms with van der Waals surface area (Å²) >= 11 is 3.44. The van der Waals surface area contributed by atoms with Gasteiger partial charge in [0.25, 0.3) is 0 Å². The van der Waals surface area contributed by atoms with Crippen LogP contribution in [0, 0.1) is 0 Å². The minimum Gasteiger partial charge on any atom is -0.265 e. The van der Waals surface area contributed by atoms with E-state index >= 15 is 0 Å². The smallest absolute Gasteiger partial charge is 0.0740 e. The predicted octanol–water partition coefficient (Wildman–Crippen LogP) is 3.70. The maximum Gasteiger partial charge on any atom is 0.0740 e. The Kier molecular flexibility index (Phi) is 2.94. The van der Waals surface area contributed by atoms with Crippen LogP contribution in [-0.4, -0.2) is 14.8 Å². The average molecular weight is 300 g/mol. The van der Waals surface area contributed by atoms with Crippen LogP contribution < -0.4 is 0 Å². The first kappa shape index (κ1) is 11.2. The molecule has 3 rings (SSSR count). The van der Waals surface area contributed by atoms with Gasteiger partial charge in [0.1, 0.15) is 0 Å². The minimum absolute atomic E-state index is 1.01. The van der Waals surface area contributed by atoms with Gasteiger partial charge in [-0.15, -0.1) is 0 Å². The maximum atomic E-state index is 4.36. The topological polar surface area (TPSA) is 30.7 Å². The first-order valence-electron chi connectivity index (χ1n) is 5.55. The highest BCUT2D eigenvalue weighted by molar-refractivity contribution is 9.10. The third-order valence-electron chi connectivity index (χ3n) is 2.69. The van der Waals surface area contributed by atoms with Crippen molar-refractivity contribution in [2.75, 3.05) is 0 Å². The monoisotopic (exact) mass is 299 g/mol. The third-order valence-corrected chi connectivity index (χ3v) is 3.22. The minimum atomic E-state index is 1.01. The van der Waals surface area contributed by atoms with Crippen molar-refractivity contribution in [1.29, 1.82) is 0 Å². The molecule has 0 aliphatic heterocycles. The fourth-order valence-corrected chi connectivity index (χ4v) is 2.10. The summed E-state index contributed by atoms with van der Waals surface area (Å²) in [4.78, 5) is 4.02. The van der Waals surface area contributed by atoms with Gasteiger partial charge in [0, 0.05) is 22.4 Å². The highest BCUT2D eigenvalue weighted by Crippen LogP contribution is 2.23. The maximum absolute atomic E-state index is 4.36. The Labute approximate surface area is 113 Å². The summed E-state index contributed by atoms with van der Waals surface area (Å²) in [5, 5.41) is 4.36. The number of nitrogens with zero attached hydrogens (tertiary/aromatic N) is 3. The van der Waals surface area contributed by atoms with Gasteiger partial charge in [-0.1, -0.05) is 28.1 Å². The molecule has 0 fully saturated rings. The molecule has 0 spiro atoms. The molecule has 0 bridgehead atoms. The van der Waals surface area contributed by atoms with E-state index < -0.39 is 0 Å². The number of hydrogen-bond acceptors (Lipinski definition) is 2. The highest BCUT2D eigenvalue weighted by atomic mass is 79.9. The molecule has 0 unspecified atom stereocenters. The SMILES string of the molecule is Brc1ccc(-c2ccnn2-c2ccncc2)cc1. The number of hydrogen-bond donors (Lipinski definition) is 0. The lowest BCUT2D eigenvalue weighted by Crippen LogP contribution is -1.98. The van der Waals surface area contributed by atoms with Crippen molar-refractivity contribution in [2.45, 2.75) is 0 Å². The molecule has 3 aromatic rings. The second-order valence-corrected chi connectivity index (χ2v) is 4.76. The average Bonchev–Trinajstić information content (AvgIpc) is 2.90. The molecular formula is C14H10BrN3. The molecule has 0 amide bonds. The van der Waals surface area contributed by atoms with Gasteiger partial charge in [-0.05, 0) is 30.3 Å². The van der Waals surface area contributed by atoms with Crippen LogP contribution in [0.2, 0.25) is 0 Å².